The molecule has 0 fully saturated rings. The van der Waals surface area contributed by atoms with E-state index in [1.165, 1.54) is 15.4 Å². The van der Waals surface area contributed by atoms with E-state index in [0.29, 0.717) is 0 Å². The van der Waals surface area contributed by atoms with E-state index in [2.05, 4.69) is 158 Å². The van der Waals surface area contributed by atoms with E-state index in [1.807, 2.05) is 66.4 Å². The average Bonchev–Trinajstić information content (AvgIpc) is 2.95. The zero-order valence-electron chi connectivity index (χ0n) is 23.9. The second kappa shape index (κ2) is 22.8. The van der Waals surface area contributed by atoms with Gasteiger partial charge in [0.15, 0.2) is 0 Å². The Bertz CT molecular complexity index is 1220. The molecular weight excluding hydrogens is 705 g/mol. The normalized spacial score (nSPS) is 10.4. The van der Waals surface area contributed by atoms with E-state index >= 15 is 0 Å². The molecule has 0 aliphatic heterocycles. The molecule has 228 valence electrons. The summed E-state index contributed by atoms with van der Waals surface area (Å²) in [6.07, 6.45) is 0. The van der Waals surface area contributed by atoms with Gasteiger partial charge in [-0.2, -0.15) is 37.0 Å². The summed E-state index contributed by atoms with van der Waals surface area (Å²) in [7, 11) is 0. The maximum atomic E-state index is 4.32. The second-order valence-electron chi connectivity index (χ2n) is 9.59. The van der Waals surface area contributed by atoms with Gasteiger partial charge in [-0.1, -0.05) is 50.7 Å². The maximum Gasteiger partial charge on any atom is 0.0177 e. The molecule has 0 nitrogen and oxygen atoms in total. The molecule has 42 heavy (non-hydrogen) atoms. The van der Waals surface area contributed by atoms with E-state index in [1.54, 1.807) is 11.8 Å². The van der Waals surface area contributed by atoms with Crippen LogP contribution in [-0.2, 0) is 5.41 Å². The van der Waals surface area contributed by atoms with Crippen LogP contribution in [-0.4, -0.2) is 23.0 Å². The lowest BCUT2D eigenvalue weighted by Gasteiger charge is -2.19. The average molecular weight is 745 g/mol. The van der Waals surface area contributed by atoms with Crippen LogP contribution in [0.5, 0.6) is 0 Å². The van der Waals surface area contributed by atoms with Crippen LogP contribution < -0.4 is 0 Å². The third kappa shape index (κ3) is 18.4. The summed E-state index contributed by atoms with van der Waals surface area (Å²) < 4.78 is 0. The predicted molar refractivity (Wildman–Crippen MR) is 217 cm³/mol. The first-order valence-corrected chi connectivity index (χ1v) is 18.8. The standard InChI is InChI=1S/C12H10S3.C10H14S2.C6H6S2.C4H10S3/c13-9-1-5-11(6-2-9)15-12-7-3-10(14)4-8-12;1-10(2,3)7-4-5-8(11)9(12)6-7;7-5-3-1-2-4-6(5)8;5-1-3-7-4-2-6/h1-8,13-14H;4-6,11-12H,1-3H3;1-4,7-8H;5-6H,1-4H2. The van der Waals surface area contributed by atoms with Crippen LogP contribution in [0.2, 0.25) is 0 Å². The van der Waals surface area contributed by atoms with Gasteiger partial charge in [0.25, 0.3) is 0 Å². The van der Waals surface area contributed by atoms with Crippen LogP contribution in [0.15, 0.2) is 130 Å². The Morgan fingerprint density at radius 2 is 0.929 bits per heavy atom. The van der Waals surface area contributed by atoms with Crippen LogP contribution in [0.4, 0.5) is 0 Å². The molecular formula is C32H40S10. The number of thioether (sulfide) groups is 1. The molecule has 0 heterocycles. The molecule has 4 rings (SSSR count). The Hall–Kier alpha value is 0.380. The van der Waals surface area contributed by atoms with E-state index in [4.69, 9.17) is 0 Å². The molecule has 0 bridgehead atoms. The summed E-state index contributed by atoms with van der Waals surface area (Å²) in [5, 5.41) is 0. The van der Waals surface area contributed by atoms with Crippen LogP contribution in [0.25, 0.3) is 0 Å². The topological polar surface area (TPSA) is 0 Å². The van der Waals surface area contributed by atoms with Gasteiger partial charge < -0.3 is 0 Å². The van der Waals surface area contributed by atoms with Gasteiger partial charge in [0.2, 0.25) is 0 Å². The highest BCUT2D eigenvalue weighted by Crippen LogP contribution is 2.29. The molecule has 4 aromatic rings. The third-order valence-corrected chi connectivity index (χ3v) is 10.6. The monoisotopic (exact) mass is 744 g/mol. The Kier molecular flexibility index (Phi) is 21.9. The first-order valence-electron chi connectivity index (χ1n) is 12.9. The van der Waals surface area contributed by atoms with Gasteiger partial charge in [0, 0.05) is 50.7 Å². The Morgan fingerprint density at radius 3 is 1.26 bits per heavy atom. The van der Waals surface area contributed by atoms with Crippen molar-refractivity contribution in [3.05, 3.63) is 96.6 Å². The summed E-state index contributed by atoms with van der Waals surface area (Å²) in [6, 6.07) is 30.1. The van der Waals surface area contributed by atoms with Gasteiger partial charge in [-0.3, -0.25) is 0 Å². The lowest BCUT2D eigenvalue weighted by atomic mass is 9.87. The van der Waals surface area contributed by atoms with Crippen molar-refractivity contribution in [2.24, 2.45) is 0 Å². The van der Waals surface area contributed by atoms with Crippen molar-refractivity contribution in [2.75, 3.05) is 23.0 Å². The maximum absolute atomic E-state index is 4.32. The minimum Gasteiger partial charge on any atom is -0.179 e. The molecule has 0 aliphatic carbocycles. The van der Waals surface area contributed by atoms with Crippen molar-refractivity contribution in [3.63, 3.8) is 0 Å². The van der Waals surface area contributed by atoms with Gasteiger partial charge in [0.05, 0.1) is 0 Å². The van der Waals surface area contributed by atoms with Crippen molar-refractivity contribution >= 4 is 125 Å². The largest absolute Gasteiger partial charge is 0.179 e. The zero-order valence-corrected chi connectivity index (χ0v) is 32.7. The van der Waals surface area contributed by atoms with Gasteiger partial charge in [0.1, 0.15) is 0 Å². The van der Waals surface area contributed by atoms with Crippen LogP contribution in [0, 0.1) is 0 Å². The van der Waals surface area contributed by atoms with Gasteiger partial charge in [-0.05, 0) is 95.3 Å². The van der Waals surface area contributed by atoms with E-state index in [9.17, 15) is 0 Å². The predicted octanol–water partition coefficient (Wildman–Crippen LogP) is 11.8. The van der Waals surface area contributed by atoms with E-state index < -0.39 is 0 Å². The van der Waals surface area contributed by atoms with Crippen LogP contribution >= 0.6 is 125 Å². The Morgan fingerprint density at radius 1 is 0.524 bits per heavy atom. The van der Waals surface area contributed by atoms with Crippen molar-refractivity contribution < 1.29 is 0 Å². The SMILES string of the molecule is CC(C)(C)c1ccc(S)c(S)c1.SCCSCCS.Sc1ccc(Sc2ccc(S)cc2)cc1.Sc1ccccc1S. The highest BCUT2D eigenvalue weighted by Gasteiger charge is 2.13. The molecule has 0 N–H and O–H groups in total. The van der Waals surface area contributed by atoms with Gasteiger partial charge in [-0.25, -0.2) is 0 Å². The van der Waals surface area contributed by atoms with Crippen molar-refractivity contribution in [1.82, 2.24) is 0 Å². The lowest BCUT2D eigenvalue weighted by Crippen LogP contribution is -2.10. The molecule has 0 aliphatic rings. The Balaban J connectivity index is 0.000000294. The highest BCUT2D eigenvalue weighted by molar-refractivity contribution is 8.00. The fourth-order valence-corrected chi connectivity index (χ4v) is 5.88. The fraction of sp³-hybridized carbons (Fsp3) is 0.250. The molecule has 0 aromatic heterocycles. The Labute approximate surface area is 306 Å². The molecule has 0 spiro atoms. The first kappa shape index (κ1) is 40.4. The quantitative estimate of drug-likeness (QED) is 0.0732. The minimum absolute atomic E-state index is 0.193. The smallest absolute Gasteiger partial charge is 0.0177 e. The molecule has 0 saturated heterocycles. The molecule has 0 unspecified atom stereocenters. The van der Waals surface area contributed by atoms with Crippen molar-refractivity contribution in [1.29, 1.82) is 0 Å². The minimum atomic E-state index is 0.193. The summed E-state index contributed by atoms with van der Waals surface area (Å²) >= 11 is 37.1. The van der Waals surface area contributed by atoms with Gasteiger partial charge in [-0.15, -0.1) is 75.8 Å². The summed E-state index contributed by atoms with van der Waals surface area (Å²) in [5.41, 5.74) is 1.49. The summed E-state index contributed by atoms with van der Waals surface area (Å²) in [6.45, 7) is 6.56. The third-order valence-electron chi connectivity index (χ3n) is 5.10. The molecule has 0 atom stereocenters. The van der Waals surface area contributed by atoms with E-state index in [0.717, 1.165) is 52.4 Å². The van der Waals surface area contributed by atoms with Crippen molar-refractivity contribution in [3.8, 4) is 0 Å². The number of thiol groups is 8. The van der Waals surface area contributed by atoms with Crippen LogP contribution in [0.1, 0.15) is 26.3 Å². The number of hydrogen-bond acceptors (Lipinski definition) is 10. The summed E-state index contributed by atoms with van der Waals surface area (Å²) in [4.78, 5) is 8.17. The lowest BCUT2D eigenvalue weighted by molar-refractivity contribution is 0.588. The second-order valence-corrected chi connectivity index (χ2v) is 15.8. The summed E-state index contributed by atoms with van der Waals surface area (Å²) in [5.74, 6) is 4.28. The molecule has 0 radical (unpaired) electrons. The first-order chi connectivity index (χ1) is 19.9. The zero-order chi connectivity index (χ0) is 31.5. The molecule has 0 saturated carbocycles. The van der Waals surface area contributed by atoms with Crippen LogP contribution in [0.3, 0.4) is 0 Å². The van der Waals surface area contributed by atoms with Crippen molar-refractivity contribution in [2.45, 2.75) is 65.4 Å². The molecule has 10 heteroatoms. The highest BCUT2D eigenvalue weighted by atomic mass is 32.2. The number of rotatable bonds is 6. The fourth-order valence-electron chi connectivity index (χ4n) is 2.85. The molecule has 0 amide bonds. The number of hydrogen-bond donors (Lipinski definition) is 8. The molecule has 4 aromatic carbocycles. The van der Waals surface area contributed by atoms with Gasteiger partial charge >= 0.3 is 0 Å². The van der Waals surface area contributed by atoms with E-state index in [-0.39, 0.29) is 5.41 Å². The number of benzene rings is 4.